The highest BCUT2D eigenvalue weighted by Crippen LogP contribution is 2.30. The van der Waals surface area contributed by atoms with Crippen LogP contribution in [0.4, 0.5) is 0 Å². The molecule has 2 rings (SSSR count). The van der Waals surface area contributed by atoms with Crippen LogP contribution in [-0.2, 0) is 0 Å². The molecule has 0 bridgehead atoms. The van der Waals surface area contributed by atoms with Gasteiger partial charge in [-0.3, -0.25) is 0 Å². The predicted octanol–water partition coefficient (Wildman–Crippen LogP) is 2.46. The third kappa shape index (κ3) is 2.65. The van der Waals surface area contributed by atoms with Gasteiger partial charge in [0.25, 0.3) is 0 Å². The second-order valence-corrected chi connectivity index (χ2v) is 3.81. The molecule has 0 amide bonds. The van der Waals surface area contributed by atoms with Crippen LogP contribution in [0.25, 0.3) is 11.1 Å². The smallest absolute Gasteiger partial charge is 0.355 e. The van der Waals surface area contributed by atoms with Crippen molar-refractivity contribution in [3.05, 3.63) is 42.2 Å². The van der Waals surface area contributed by atoms with Crippen LogP contribution in [0, 0.1) is 0 Å². The van der Waals surface area contributed by atoms with Crippen LogP contribution in [0.5, 0.6) is 11.5 Å². The molecule has 1 aromatic heterocycles. The van der Waals surface area contributed by atoms with E-state index in [4.69, 9.17) is 14.6 Å². The van der Waals surface area contributed by atoms with Gasteiger partial charge in [-0.15, -0.1) is 0 Å². The van der Waals surface area contributed by atoms with Gasteiger partial charge in [0, 0.05) is 17.8 Å². The van der Waals surface area contributed by atoms with E-state index in [2.05, 4.69) is 4.98 Å². The van der Waals surface area contributed by atoms with Gasteiger partial charge in [0.2, 0.25) is 0 Å². The minimum Gasteiger partial charge on any atom is -0.497 e. The van der Waals surface area contributed by atoms with Crippen molar-refractivity contribution in [1.29, 1.82) is 0 Å². The highest BCUT2D eigenvalue weighted by atomic mass is 16.5. The molecule has 0 saturated heterocycles. The molecule has 1 N–H and O–H groups in total. The summed E-state index contributed by atoms with van der Waals surface area (Å²) in [5.74, 6) is 0.112. The van der Waals surface area contributed by atoms with E-state index in [0.717, 1.165) is 0 Å². The minimum atomic E-state index is -1.07. The molecule has 2 aromatic rings. The minimum absolute atomic E-state index is 0.00203. The first-order chi connectivity index (χ1) is 9.15. The van der Waals surface area contributed by atoms with Crippen molar-refractivity contribution in [1.82, 2.24) is 4.98 Å². The summed E-state index contributed by atoms with van der Waals surface area (Å²) in [4.78, 5) is 15.1. The maximum absolute atomic E-state index is 11.2. The number of benzene rings is 1. The second-order valence-electron chi connectivity index (χ2n) is 3.81. The Hall–Kier alpha value is -2.56. The highest BCUT2D eigenvalue weighted by Gasteiger charge is 2.14. The summed E-state index contributed by atoms with van der Waals surface area (Å²) in [6.45, 7) is 0. The van der Waals surface area contributed by atoms with E-state index in [9.17, 15) is 4.79 Å². The molecule has 19 heavy (non-hydrogen) atoms. The number of methoxy groups -OCH3 is 2. The lowest BCUT2D eigenvalue weighted by Gasteiger charge is -2.10. The van der Waals surface area contributed by atoms with Crippen LogP contribution in [-0.4, -0.2) is 30.3 Å². The zero-order valence-corrected chi connectivity index (χ0v) is 10.6. The van der Waals surface area contributed by atoms with Gasteiger partial charge >= 0.3 is 5.97 Å². The third-order valence-corrected chi connectivity index (χ3v) is 2.67. The van der Waals surface area contributed by atoms with E-state index in [1.54, 1.807) is 44.6 Å². The topological polar surface area (TPSA) is 68.7 Å². The average molecular weight is 259 g/mol. The van der Waals surface area contributed by atoms with Crippen LogP contribution in [0.15, 0.2) is 36.5 Å². The van der Waals surface area contributed by atoms with Gasteiger partial charge < -0.3 is 14.6 Å². The first-order valence-electron chi connectivity index (χ1n) is 5.57. The molecule has 98 valence electrons. The molecule has 0 radical (unpaired) electrons. The Morgan fingerprint density at radius 2 is 1.79 bits per heavy atom. The van der Waals surface area contributed by atoms with Gasteiger partial charge in [-0.1, -0.05) is 6.07 Å². The van der Waals surface area contributed by atoms with Gasteiger partial charge in [0.05, 0.1) is 14.2 Å². The first-order valence-corrected chi connectivity index (χ1v) is 5.57. The number of carboxylic acids is 1. The molecule has 0 unspecified atom stereocenters. The summed E-state index contributed by atoms with van der Waals surface area (Å²) >= 11 is 0. The van der Waals surface area contributed by atoms with Gasteiger partial charge in [0.15, 0.2) is 5.69 Å². The molecule has 0 fully saturated rings. The monoisotopic (exact) mass is 259 g/mol. The van der Waals surface area contributed by atoms with Crippen LogP contribution >= 0.6 is 0 Å². The van der Waals surface area contributed by atoms with E-state index in [0.29, 0.717) is 22.6 Å². The zero-order chi connectivity index (χ0) is 13.8. The standard InChI is InChI=1S/C14H13NO4/c1-18-10-6-9(7-11(8-10)19-2)12-4-3-5-15-13(12)14(16)17/h3-8H,1-2H3,(H,16,17). The number of rotatable bonds is 4. The molecular formula is C14H13NO4. The predicted molar refractivity (Wildman–Crippen MR) is 69.7 cm³/mol. The number of ether oxygens (including phenoxy) is 2. The summed E-state index contributed by atoms with van der Waals surface area (Å²) in [6.07, 6.45) is 1.45. The quantitative estimate of drug-likeness (QED) is 0.913. The number of aromatic nitrogens is 1. The summed E-state index contributed by atoms with van der Waals surface area (Å²) in [5, 5.41) is 9.15. The normalized spacial score (nSPS) is 10.0. The van der Waals surface area contributed by atoms with Crippen LogP contribution in [0.3, 0.4) is 0 Å². The lowest BCUT2D eigenvalue weighted by molar-refractivity contribution is 0.0691. The van der Waals surface area contributed by atoms with Crippen LogP contribution < -0.4 is 9.47 Å². The second kappa shape index (κ2) is 5.39. The van der Waals surface area contributed by atoms with Crippen molar-refractivity contribution in [2.75, 3.05) is 14.2 Å². The number of hydrogen-bond acceptors (Lipinski definition) is 4. The van der Waals surface area contributed by atoms with E-state index in [-0.39, 0.29) is 5.69 Å². The largest absolute Gasteiger partial charge is 0.497 e. The third-order valence-electron chi connectivity index (χ3n) is 2.67. The van der Waals surface area contributed by atoms with Gasteiger partial charge in [-0.2, -0.15) is 0 Å². The van der Waals surface area contributed by atoms with E-state index >= 15 is 0 Å². The number of aromatic carboxylic acids is 1. The molecule has 0 spiro atoms. The van der Waals surface area contributed by atoms with Gasteiger partial charge in [-0.05, 0) is 23.8 Å². The Morgan fingerprint density at radius 1 is 1.16 bits per heavy atom. The van der Waals surface area contributed by atoms with Crippen molar-refractivity contribution >= 4 is 5.97 Å². The van der Waals surface area contributed by atoms with Crippen molar-refractivity contribution < 1.29 is 19.4 Å². The van der Waals surface area contributed by atoms with Crippen molar-refractivity contribution in [2.24, 2.45) is 0 Å². The molecule has 1 aromatic carbocycles. The van der Waals surface area contributed by atoms with Crippen LogP contribution in [0.1, 0.15) is 10.5 Å². The maximum atomic E-state index is 11.2. The Labute approximate surface area is 110 Å². The molecule has 0 aliphatic rings. The Morgan fingerprint density at radius 3 is 2.32 bits per heavy atom. The summed E-state index contributed by atoms with van der Waals surface area (Å²) in [7, 11) is 3.08. The maximum Gasteiger partial charge on any atom is 0.355 e. The molecule has 5 heteroatoms. The Bertz CT molecular complexity index is 588. The summed E-state index contributed by atoms with van der Waals surface area (Å²) in [5.41, 5.74) is 1.20. The fraction of sp³-hybridized carbons (Fsp3) is 0.143. The molecule has 1 heterocycles. The van der Waals surface area contributed by atoms with Gasteiger partial charge in [0.1, 0.15) is 11.5 Å². The Kier molecular flexibility index (Phi) is 3.66. The van der Waals surface area contributed by atoms with E-state index in [1.807, 2.05) is 0 Å². The number of hydrogen-bond donors (Lipinski definition) is 1. The van der Waals surface area contributed by atoms with Crippen molar-refractivity contribution in [2.45, 2.75) is 0 Å². The Balaban J connectivity index is 2.61. The lowest BCUT2D eigenvalue weighted by atomic mass is 10.0. The van der Waals surface area contributed by atoms with Gasteiger partial charge in [-0.25, -0.2) is 9.78 Å². The first kappa shape index (κ1) is 12.9. The van der Waals surface area contributed by atoms with E-state index < -0.39 is 5.97 Å². The molecular weight excluding hydrogens is 246 g/mol. The molecule has 0 atom stereocenters. The lowest BCUT2D eigenvalue weighted by Crippen LogP contribution is -2.02. The highest BCUT2D eigenvalue weighted by molar-refractivity contribution is 5.94. The van der Waals surface area contributed by atoms with E-state index in [1.165, 1.54) is 6.20 Å². The average Bonchev–Trinajstić information content (AvgIpc) is 2.46. The number of nitrogens with zero attached hydrogens (tertiary/aromatic N) is 1. The summed E-state index contributed by atoms with van der Waals surface area (Å²) < 4.78 is 10.3. The molecule has 0 aliphatic heterocycles. The number of carbonyl (C=O) groups is 1. The van der Waals surface area contributed by atoms with Crippen LogP contribution in [0.2, 0.25) is 0 Å². The van der Waals surface area contributed by atoms with Crippen molar-refractivity contribution in [3.8, 4) is 22.6 Å². The number of carboxylic acid groups (broad SMARTS) is 1. The molecule has 0 aliphatic carbocycles. The zero-order valence-electron chi connectivity index (χ0n) is 10.6. The summed E-state index contributed by atoms with van der Waals surface area (Å²) in [6, 6.07) is 8.59. The molecule has 5 nitrogen and oxygen atoms in total. The fourth-order valence-electron chi connectivity index (χ4n) is 1.77. The van der Waals surface area contributed by atoms with Crippen molar-refractivity contribution in [3.63, 3.8) is 0 Å². The fourth-order valence-corrected chi connectivity index (χ4v) is 1.77. The SMILES string of the molecule is COc1cc(OC)cc(-c2cccnc2C(=O)O)c1. The number of pyridine rings is 1. The molecule has 0 saturated carbocycles.